The van der Waals surface area contributed by atoms with Crippen LogP contribution in [0.4, 0.5) is 0 Å². The molecular formula is C15H22N4O3S. The number of nitrogens with zero attached hydrogens (tertiary/aromatic N) is 3. The van der Waals surface area contributed by atoms with Crippen LogP contribution in [0.5, 0.6) is 0 Å². The molecule has 1 aromatic heterocycles. The van der Waals surface area contributed by atoms with Gasteiger partial charge in [0.25, 0.3) is 0 Å². The summed E-state index contributed by atoms with van der Waals surface area (Å²) >= 11 is 0. The van der Waals surface area contributed by atoms with Crippen LogP contribution in [0.1, 0.15) is 30.4 Å². The number of amides is 1. The van der Waals surface area contributed by atoms with Crippen molar-refractivity contribution in [3.63, 3.8) is 0 Å². The van der Waals surface area contributed by atoms with Crippen LogP contribution in [-0.4, -0.2) is 59.8 Å². The molecule has 3 rings (SSSR count). The third-order valence-electron chi connectivity index (χ3n) is 4.36. The van der Waals surface area contributed by atoms with Gasteiger partial charge in [0.15, 0.2) is 9.84 Å². The Morgan fingerprint density at radius 1 is 1.48 bits per heavy atom. The Morgan fingerprint density at radius 2 is 2.30 bits per heavy atom. The highest BCUT2D eigenvalue weighted by Crippen LogP contribution is 2.16. The first-order chi connectivity index (χ1) is 10.9. The third-order valence-corrected chi connectivity index (χ3v) is 6.12. The zero-order valence-electron chi connectivity index (χ0n) is 13.3. The molecule has 0 aliphatic carbocycles. The fourth-order valence-corrected chi connectivity index (χ4v) is 4.76. The molecule has 0 radical (unpaired) electrons. The Labute approximate surface area is 136 Å². The highest BCUT2D eigenvalue weighted by molar-refractivity contribution is 7.91. The Hall–Kier alpha value is -1.54. The Bertz CT molecular complexity index is 705. The van der Waals surface area contributed by atoms with Gasteiger partial charge in [-0.2, -0.15) is 0 Å². The molecule has 0 bridgehead atoms. The molecule has 23 heavy (non-hydrogen) atoms. The fourth-order valence-electron chi connectivity index (χ4n) is 3.09. The number of hydrogen-bond donors (Lipinski definition) is 1. The monoisotopic (exact) mass is 338 g/mol. The van der Waals surface area contributed by atoms with Gasteiger partial charge in [-0.1, -0.05) is 6.92 Å². The second kappa shape index (κ2) is 6.52. The average molecular weight is 338 g/mol. The topological polar surface area (TPSA) is 92.3 Å². The first-order valence-electron chi connectivity index (χ1n) is 8.01. The summed E-state index contributed by atoms with van der Waals surface area (Å²) in [7, 11) is -2.97. The number of nitrogens with one attached hydrogen (secondary N) is 1. The standard InChI is InChI=1S/C15H22N4O3S/c1-2-14-16-7-11-3-5-19(8-13(11)18-14)9-15(20)17-12-4-6-23(21,22)10-12/h7,12H,2-6,8-10H2,1H3,(H,17,20)/t12-/m0/s1. The molecule has 0 spiro atoms. The lowest BCUT2D eigenvalue weighted by atomic mass is 10.1. The maximum absolute atomic E-state index is 12.1. The lowest BCUT2D eigenvalue weighted by Crippen LogP contribution is -2.44. The van der Waals surface area contributed by atoms with Crippen LogP contribution < -0.4 is 5.32 Å². The van der Waals surface area contributed by atoms with Crippen molar-refractivity contribution < 1.29 is 13.2 Å². The molecule has 8 heteroatoms. The van der Waals surface area contributed by atoms with Crippen LogP contribution in [0.3, 0.4) is 0 Å². The van der Waals surface area contributed by atoms with Gasteiger partial charge in [0.05, 0.1) is 23.7 Å². The van der Waals surface area contributed by atoms with Crippen molar-refractivity contribution >= 4 is 15.7 Å². The zero-order chi connectivity index (χ0) is 16.4. The molecule has 126 valence electrons. The third kappa shape index (κ3) is 4.06. The van der Waals surface area contributed by atoms with Gasteiger partial charge in [-0.25, -0.2) is 18.4 Å². The first-order valence-corrected chi connectivity index (χ1v) is 9.83. The molecule has 3 heterocycles. The second-order valence-corrected chi connectivity index (χ2v) is 8.47. The maximum Gasteiger partial charge on any atom is 0.234 e. The van der Waals surface area contributed by atoms with Gasteiger partial charge in [-0.15, -0.1) is 0 Å². The van der Waals surface area contributed by atoms with E-state index in [1.165, 1.54) is 0 Å². The number of carbonyl (C=O) groups is 1. The van der Waals surface area contributed by atoms with Gasteiger partial charge < -0.3 is 5.32 Å². The summed E-state index contributed by atoms with van der Waals surface area (Å²) in [6.45, 7) is 3.73. The number of sulfone groups is 1. The summed E-state index contributed by atoms with van der Waals surface area (Å²) in [6.07, 6.45) is 4.04. The molecule has 1 N–H and O–H groups in total. The van der Waals surface area contributed by atoms with Crippen molar-refractivity contribution in [3.8, 4) is 0 Å². The van der Waals surface area contributed by atoms with E-state index in [1.54, 1.807) is 0 Å². The molecule has 0 unspecified atom stereocenters. The number of fused-ring (bicyclic) bond motifs is 1. The zero-order valence-corrected chi connectivity index (χ0v) is 14.1. The van der Waals surface area contributed by atoms with E-state index in [0.717, 1.165) is 36.5 Å². The molecule has 0 saturated carbocycles. The van der Waals surface area contributed by atoms with E-state index < -0.39 is 9.84 Å². The van der Waals surface area contributed by atoms with E-state index in [4.69, 9.17) is 0 Å². The molecule has 1 saturated heterocycles. The normalized spacial score (nSPS) is 23.4. The lowest BCUT2D eigenvalue weighted by molar-refractivity contribution is -0.123. The summed E-state index contributed by atoms with van der Waals surface area (Å²) in [5.41, 5.74) is 2.15. The van der Waals surface area contributed by atoms with Crippen LogP contribution in [0, 0.1) is 0 Å². The highest BCUT2D eigenvalue weighted by atomic mass is 32.2. The van der Waals surface area contributed by atoms with E-state index >= 15 is 0 Å². The van der Waals surface area contributed by atoms with Gasteiger partial charge >= 0.3 is 0 Å². The molecule has 2 aliphatic heterocycles. The summed E-state index contributed by atoms with van der Waals surface area (Å²) in [5.74, 6) is 0.951. The number of carbonyl (C=O) groups excluding carboxylic acids is 1. The van der Waals surface area contributed by atoms with Crippen LogP contribution in [0.15, 0.2) is 6.20 Å². The summed E-state index contributed by atoms with van der Waals surface area (Å²) < 4.78 is 22.9. The van der Waals surface area contributed by atoms with Crippen LogP contribution >= 0.6 is 0 Å². The second-order valence-electron chi connectivity index (χ2n) is 6.24. The van der Waals surface area contributed by atoms with E-state index in [1.807, 2.05) is 18.0 Å². The minimum absolute atomic E-state index is 0.0641. The molecule has 7 nitrogen and oxygen atoms in total. The van der Waals surface area contributed by atoms with Gasteiger partial charge in [-0.3, -0.25) is 9.69 Å². The molecule has 2 aliphatic rings. The van der Waals surface area contributed by atoms with Crippen molar-refractivity contribution in [1.29, 1.82) is 0 Å². The molecule has 1 amide bonds. The van der Waals surface area contributed by atoms with E-state index in [-0.39, 0.29) is 30.0 Å². The van der Waals surface area contributed by atoms with Crippen LogP contribution in [0.25, 0.3) is 0 Å². The van der Waals surface area contributed by atoms with Crippen molar-refractivity contribution in [2.24, 2.45) is 0 Å². The smallest absolute Gasteiger partial charge is 0.234 e. The number of hydrogen-bond acceptors (Lipinski definition) is 6. The van der Waals surface area contributed by atoms with Gasteiger partial charge in [0.1, 0.15) is 5.82 Å². The minimum Gasteiger partial charge on any atom is -0.351 e. The van der Waals surface area contributed by atoms with Gasteiger partial charge in [0.2, 0.25) is 5.91 Å². The quantitative estimate of drug-likeness (QED) is 0.810. The Kier molecular flexibility index (Phi) is 4.63. The van der Waals surface area contributed by atoms with E-state index in [2.05, 4.69) is 15.3 Å². The van der Waals surface area contributed by atoms with Gasteiger partial charge in [0, 0.05) is 31.7 Å². The van der Waals surface area contributed by atoms with Crippen LogP contribution in [-0.2, 0) is 34.0 Å². The molecule has 1 atom stereocenters. The average Bonchev–Trinajstić information content (AvgIpc) is 2.85. The summed E-state index contributed by atoms with van der Waals surface area (Å²) in [4.78, 5) is 23.0. The number of rotatable bonds is 4. The predicted octanol–water partition coefficient (Wildman–Crippen LogP) is -0.300. The number of aryl methyl sites for hydroxylation is 1. The van der Waals surface area contributed by atoms with Crippen molar-refractivity contribution in [3.05, 3.63) is 23.3 Å². The van der Waals surface area contributed by atoms with Crippen LogP contribution in [0.2, 0.25) is 0 Å². The predicted molar refractivity (Wildman–Crippen MR) is 85.6 cm³/mol. The molecular weight excluding hydrogens is 316 g/mol. The number of aromatic nitrogens is 2. The van der Waals surface area contributed by atoms with Crippen molar-refractivity contribution in [2.75, 3.05) is 24.6 Å². The SMILES string of the molecule is CCc1ncc2c(n1)CN(CC(=O)N[C@H]1CCS(=O)(=O)C1)CC2. The Morgan fingerprint density at radius 3 is 3.00 bits per heavy atom. The minimum atomic E-state index is -2.97. The summed E-state index contributed by atoms with van der Waals surface area (Å²) in [5, 5.41) is 2.84. The molecule has 1 aromatic rings. The molecule has 0 aromatic carbocycles. The first kappa shape index (κ1) is 16.3. The van der Waals surface area contributed by atoms with E-state index in [9.17, 15) is 13.2 Å². The van der Waals surface area contributed by atoms with E-state index in [0.29, 0.717) is 13.0 Å². The van der Waals surface area contributed by atoms with Gasteiger partial charge in [-0.05, 0) is 18.4 Å². The largest absolute Gasteiger partial charge is 0.351 e. The molecule has 1 fully saturated rings. The van der Waals surface area contributed by atoms with Crippen molar-refractivity contribution in [1.82, 2.24) is 20.2 Å². The maximum atomic E-state index is 12.1. The Balaban J connectivity index is 1.55. The highest BCUT2D eigenvalue weighted by Gasteiger charge is 2.29. The lowest BCUT2D eigenvalue weighted by Gasteiger charge is -2.27. The fraction of sp³-hybridized carbons (Fsp3) is 0.667. The van der Waals surface area contributed by atoms with Crippen molar-refractivity contribution in [2.45, 2.75) is 38.8 Å². The summed E-state index contributed by atoms with van der Waals surface area (Å²) in [6, 6.07) is -0.237.